The minimum Gasteiger partial charge on any atom is -0.383 e. The molecule has 2 atom stereocenters. The molecule has 2 aliphatic rings. The first-order valence-electron chi connectivity index (χ1n) is 20.0. The molecule has 0 radical (unpaired) electrons. The van der Waals surface area contributed by atoms with Crippen molar-refractivity contribution in [3.05, 3.63) is 89.8 Å². The van der Waals surface area contributed by atoms with Crippen LogP contribution in [0.5, 0.6) is 0 Å². The highest BCUT2D eigenvalue weighted by Gasteiger charge is 2.40. The lowest BCUT2D eigenvalue weighted by atomic mass is 9.93. The van der Waals surface area contributed by atoms with Gasteiger partial charge in [-0.05, 0) is 62.4 Å². The number of nitrogen functional groups attached to an aromatic ring is 1. The summed E-state index contributed by atoms with van der Waals surface area (Å²) in [4.78, 5) is 73.7. The molecule has 6 N–H and O–H groups in total. The van der Waals surface area contributed by atoms with E-state index in [9.17, 15) is 24.0 Å². The summed E-state index contributed by atoms with van der Waals surface area (Å²) in [6.07, 6.45) is 7.78. The van der Waals surface area contributed by atoms with Crippen LogP contribution >= 0.6 is 0 Å². The molecule has 1 saturated heterocycles. The van der Waals surface area contributed by atoms with Crippen LogP contribution in [0.3, 0.4) is 0 Å². The Balaban J connectivity index is 0.856. The Bertz CT molecular complexity index is 2670. The fourth-order valence-corrected chi connectivity index (χ4v) is 7.50. The molecule has 0 spiro atoms. The Morgan fingerprint density at radius 2 is 1.80 bits per heavy atom. The van der Waals surface area contributed by atoms with E-state index in [1.54, 1.807) is 49.5 Å². The SMILES string of the molecule is CC(C(=O)Nc1cccc2c1CN(C1CCC(=O)NC1=O)C2=O)n1cc(CCCCn2cc(-c3ccc(NC(=O)Nc4cc(C(C)(C)C)on4)cc3)c3c(N)ncnc32)nn1. The number of benzene rings is 2. The van der Waals surface area contributed by atoms with Crippen LogP contribution in [0.1, 0.15) is 86.8 Å². The first-order chi connectivity index (χ1) is 29.2. The Morgan fingerprint density at radius 1 is 1.00 bits per heavy atom. The van der Waals surface area contributed by atoms with Crippen molar-refractivity contribution in [1.82, 2.24) is 44.9 Å². The highest BCUT2D eigenvalue weighted by Crippen LogP contribution is 2.35. The molecular formula is C42H45N13O6. The number of hydrogen-bond acceptors (Lipinski definition) is 12. The molecule has 2 unspecified atom stereocenters. The second kappa shape index (κ2) is 16.3. The number of piperidine rings is 1. The molecule has 0 bridgehead atoms. The smallest absolute Gasteiger partial charge is 0.324 e. The van der Waals surface area contributed by atoms with Gasteiger partial charge in [0.15, 0.2) is 5.82 Å². The van der Waals surface area contributed by atoms with Crippen molar-refractivity contribution in [3.8, 4) is 11.1 Å². The molecule has 0 aliphatic carbocycles. The summed E-state index contributed by atoms with van der Waals surface area (Å²) < 4.78 is 8.91. The van der Waals surface area contributed by atoms with E-state index in [-0.39, 0.29) is 42.5 Å². The van der Waals surface area contributed by atoms with Gasteiger partial charge < -0.3 is 30.4 Å². The van der Waals surface area contributed by atoms with E-state index in [0.717, 1.165) is 35.0 Å². The summed E-state index contributed by atoms with van der Waals surface area (Å²) in [5.74, 6) is -0.182. The van der Waals surface area contributed by atoms with Gasteiger partial charge in [0, 0.05) is 71.5 Å². The molecule has 2 aromatic carbocycles. The lowest BCUT2D eigenvalue weighted by Gasteiger charge is -2.29. The van der Waals surface area contributed by atoms with Crippen molar-refractivity contribution >= 4 is 63.7 Å². The molecule has 61 heavy (non-hydrogen) atoms. The zero-order valence-corrected chi connectivity index (χ0v) is 34.1. The van der Waals surface area contributed by atoms with Crippen LogP contribution in [0.4, 0.5) is 27.8 Å². The van der Waals surface area contributed by atoms with Crippen LogP contribution in [-0.4, -0.2) is 75.3 Å². The summed E-state index contributed by atoms with van der Waals surface area (Å²) in [7, 11) is 0. The quantitative estimate of drug-likeness (QED) is 0.0790. The Labute approximate surface area is 349 Å². The third-order valence-corrected chi connectivity index (χ3v) is 10.9. The third kappa shape index (κ3) is 8.39. The summed E-state index contributed by atoms with van der Waals surface area (Å²) >= 11 is 0. The maximum absolute atomic E-state index is 13.4. The average molecular weight is 828 g/mol. The van der Waals surface area contributed by atoms with E-state index in [1.807, 2.05) is 43.7 Å². The van der Waals surface area contributed by atoms with Gasteiger partial charge in [-0.3, -0.25) is 29.8 Å². The lowest BCUT2D eigenvalue weighted by molar-refractivity contribution is -0.137. The number of nitrogens with one attached hydrogen (secondary N) is 4. The summed E-state index contributed by atoms with van der Waals surface area (Å²) in [5.41, 5.74) is 11.4. The average Bonchev–Trinajstić information content (AvgIpc) is 4.04. The number of aryl methyl sites for hydroxylation is 2. The number of hydrogen-bond donors (Lipinski definition) is 5. The second-order valence-electron chi connectivity index (χ2n) is 16.2. The van der Waals surface area contributed by atoms with Gasteiger partial charge in [-0.1, -0.05) is 49.3 Å². The standard InChI is InChI=1S/C42H45N13O6/c1-23(38(57)47-30-10-7-9-27-29(30)21-54(40(27)59)31-15-16-34(56)49-39(31)58)55-19-26(50-52-55)8-5-6-17-53-20-28(35-36(43)44-22-45-37(35)53)24-11-13-25(14-12-24)46-41(60)48-33-18-32(61-51-33)42(2,3)4/h7,9-14,18-20,22-23,31H,5-6,8,15-17,21H2,1-4H3,(H,47,57)(H2,43,44,45)(H,49,56,58)(H2,46,48,51,60). The number of amides is 6. The Kier molecular flexibility index (Phi) is 10.8. The number of aromatic nitrogens is 7. The number of urea groups is 1. The number of anilines is 4. The number of nitrogens with zero attached hydrogens (tertiary/aromatic N) is 8. The van der Waals surface area contributed by atoms with Crippen molar-refractivity contribution in [2.45, 2.75) is 90.4 Å². The van der Waals surface area contributed by atoms with E-state index in [4.69, 9.17) is 10.3 Å². The molecular weight excluding hydrogens is 783 g/mol. The molecule has 19 heteroatoms. The minimum absolute atomic E-state index is 0.136. The fourth-order valence-electron chi connectivity index (χ4n) is 7.50. The first kappa shape index (κ1) is 40.3. The van der Waals surface area contributed by atoms with Gasteiger partial charge in [-0.25, -0.2) is 19.4 Å². The van der Waals surface area contributed by atoms with Crippen molar-refractivity contribution in [2.24, 2.45) is 0 Å². The molecule has 6 aromatic rings. The van der Waals surface area contributed by atoms with E-state index in [1.165, 1.54) is 15.9 Å². The fraction of sp³-hybridized carbons (Fsp3) is 0.333. The minimum atomic E-state index is -0.757. The zero-order valence-electron chi connectivity index (χ0n) is 34.1. The van der Waals surface area contributed by atoms with Crippen LogP contribution in [0.15, 0.2) is 71.8 Å². The molecule has 6 heterocycles. The summed E-state index contributed by atoms with van der Waals surface area (Å²) in [6, 6.07) is 12.2. The van der Waals surface area contributed by atoms with Crippen molar-refractivity contribution in [2.75, 3.05) is 21.7 Å². The van der Waals surface area contributed by atoms with Crippen LogP contribution in [-0.2, 0) is 39.3 Å². The van der Waals surface area contributed by atoms with Crippen LogP contribution < -0.4 is 27.0 Å². The number of unbranched alkanes of at least 4 members (excludes halogenated alkanes) is 1. The van der Waals surface area contributed by atoms with Gasteiger partial charge in [0.1, 0.15) is 35.6 Å². The highest BCUT2D eigenvalue weighted by molar-refractivity contribution is 6.07. The first-order valence-corrected chi connectivity index (χ1v) is 20.0. The number of carbonyl (C=O) groups excluding carboxylic acids is 5. The van der Waals surface area contributed by atoms with E-state index in [2.05, 4.69) is 46.7 Å². The van der Waals surface area contributed by atoms with Gasteiger partial charge in [-0.2, -0.15) is 0 Å². The van der Waals surface area contributed by atoms with Crippen molar-refractivity contribution in [1.29, 1.82) is 0 Å². The highest BCUT2D eigenvalue weighted by atomic mass is 16.5. The molecule has 2 aliphatic heterocycles. The topological polar surface area (TPSA) is 250 Å². The van der Waals surface area contributed by atoms with E-state index in [0.29, 0.717) is 58.5 Å². The number of imide groups is 1. The number of carbonyl (C=O) groups is 5. The maximum atomic E-state index is 13.4. The van der Waals surface area contributed by atoms with Gasteiger partial charge in [0.05, 0.1) is 11.1 Å². The number of fused-ring (bicyclic) bond motifs is 2. The largest absolute Gasteiger partial charge is 0.383 e. The predicted molar refractivity (Wildman–Crippen MR) is 224 cm³/mol. The van der Waals surface area contributed by atoms with Gasteiger partial charge in [-0.15, -0.1) is 5.10 Å². The molecule has 1 fully saturated rings. The summed E-state index contributed by atoms with van der Waals surface area (Å²) in [5, 5.41) is 24.0. The second-order valence-corrected chi connectivity index (χ2v) is 16.2. The molecule has 19 nitrogen and oxygen atoms in total. The van der Waals surface area contributed by atoms with Gasteiger partial charge in [0.2, 0.25) is 17.7 Å². The monoisotopic (exact) mass is 827 g/mol. The normalized spacial score (nSPS) is 15.8. The molecule has 314 valence electrons. The van der Waals surface area contributed by atoms with Crippen LogP contribution in [0.25, 0.3) is 22.2 Å². The third-order valence-electron chi connectivity index (χ3n) is 10.9. The van der Waals surface area contributed by atoms with Crippen molar-refractivity contribution < 1.29 is 28.5 Å². The molecule has 0 saturated carbocycles. The van der Waals surface area contributed by atoms with Gasteiger partial charge in [0.25, 0.3) is 5.91 Å². The maximum Gasteiger partial charge on any atom is 0.324 e. The Hall–Kier alpha value is -7.44. The number of rotatable bonds is 12. The molecule has 8 rings (SSSR count). The Morgan fingerprint density at radius 3 is 2.56 bits per heavy atom. The van der Waals surface area contributed by atoms with Crippen molar-refractivity contribution in [3.63, 3.8) is 0 Å². The van der Waals surface area contributed by atoms with E-state index < -0.39 is 24.0 Å². The van der Waals surface area contributed by atoms with Crippen LogP contribution in [0, 0.1) is 0 Å². The summed E-state index contributed by atoms with van der Waals surface area (Å²) in [6.45, 7) is 8.47. The van der Waals surface area contributed by atoms with Gasteiger partial charge >= 0.3 is 6.03 Å². The number of nitrogens with two attached hydrogens (primary N) is 1. The predicted octanol–water partition coefficient (Wildman–Crippen LogP) is 5.19. The molecule has 4 aromatic heterocycles. The molecule has 6 amide bonds. The van der Waals surface area contributed by atoms with E-state index >= 15 is 0 Å². The van der Waals surface area contributed by atoms with Crippen LogP contribution in [0.2, 0.25) is 0 Å². The lowest BCUT2D eigenvalue weighted by Crippen LogP contribution is -2.52. The zero-order chi connectivity index (χ0) is 43.0.